The van der Waals surface area contributed by atoms with Gasteiger partial charge in [-0.2, -0.15) is 0 Å². The lowest BCUT2D eigenvalue weighted by molar-refractivity contribution is 0.439. The number of sulfonamides is 2. The minimum atomic E-state index is -3.93. The molecule has 1 rings (SSSR count). The van der Waals surface area contributed by atoms with Crippen LogP contribution in [-0.4, -0.2) is 22.4 Å². The van der Waals surface area contributed by atoms with E-state index in [9.17, 15) is 16.8 Å². The molecule has 0 fully saturated rings. The maximum Gasteiger partial charge on any atom is 0.241 e. The Balaban J connectivity index is 3.24. The third kappa shape index (κ3) is 4.27. The van der Waals surface area contributed by atoms with Crippen LogP contribution in [0, 0.1) is 0 Å². The number of hydrogen-bond donors (Lipinski definition) is 2. The first-order valence-electron chi connectivity index (χ1n) is 5.65. The maximum atomic E-state index is 12.1. The van der Waals surface area contributed by atoms with Crippen molar-refractivity contribution in [1.29, 1.82) is 0 Å². The Morgan fingerprint density at radius 2 is 1.68 bits per heavy atom. The molecule has 0 aliphatic carbocycles. The van der Waals surface area contributed by atoms with Crippen LogP contribution in [0.4, 0.5) is 0 Å². The fraction of sp³-hybridized carbons (Fsp3) is 0.455. The quantitative estimate of drug-likeness (QED) is 0.839. The summed E-state index contributed by atoms with van der Waals surface area (Å²) >= 11 is 0. The smallest absolute Gasteiger partial charge is 0.225 e. The van der Waals surface area contributed by atoms with Gasteiger partial charge in [0.2, 0.25) is 20.0 Å². The van der Waals surface area contributed by atoms with Crippen LogP contribution in [0.5, 0.6) is 0 Å². The predicted molar refractivity (Wildman–Crippen MR) is 72.5 cm³/mol. The summed E-state index contributed by atoms with van der Waals surface area (Å²) < 4.78 is 49.2. The van der Waals surface area contributed by atoms with E-state index in [2.05, 4.69) is 4.72 Å². The molecule has 0 aliphatic heterocycles. The summed E-state index contributed by atoms with van der Waals surface area (Å²) in [5, 5.41) is 4.98. The Bertz CT molecular complexity index is 664. The van der Waals surface area contributed by atoms with Gasteiger partial charge < -0.3 is 0 Å². The molecule has 0 aliphatic rings. The highest BCUT2D eigenvalue weighted by atomic mass is 32.2. The van der Waals surface area contributed by atoms with Crippen molar-refractivity contribution in [3.05, 3.63) is 24.3 Å². The van der Waals surface area contributed by atoms with Crippen LogP contribution < -0.4 is 9.86 Å². The van der Waals surface area contributed by atoms with Crippen molar-refractivity contribution < 1.29 is 16.8 Å². The van der Waals surface area contributed by atoms with Crippen LogP contribution >= 0.6 is 0 Å². The van der Waals surface area contributed by atoms with Gasteiger partial charge in [-0.15, -0.1) is 0 Å². The minimum absolute atomic E-state index is 0.124. The first kappa shape index (κ1) is 16.1. The Kier molecular flexibility index (Phi) is 4.40. The second-order valence-electron chi connectivity index (χ2n) is 4.86. The number of rotatable bonds is 5. The first-order chi connectivity index (χ1) is 8.48. The minimum Gasteiger partial charge on any atom is -0.225 e. The topological polar surface area (TPSA) is 106 Å². The van der Waals surface area contributed by atoms with Crippen molar-refractivity contribution in [1.82, 2.24) is 4.72 Å². The molecule has 0 saturated heterocycles. The molecule has 8 heteroatoms. The molecule has 1 aromatic rings. The van der Waals surface area contributed by atoms with Crippen molar-refractivity contribution in [2.45, 2.75) is 42.5 Å². The Hall–Kier alpha value is -0.960. The Morgan fingerprint density at radius 3 is 2.16 bits per heavy atom. The largest absolute Gasteiger partial charge is 0.241 e. The van der Waals surface area contributed by atoms with Crippen molar-refractivity contribution in [3.8, 4) is 0 Å². The molecule has 0 spiro atoms. The molecular weight excluding hydrogens is 288 g/mol. The summed E-state index contributed by atoms with van der Waals surface area (Å²) in [5.74, 6) is 0. The van der Waals surface area contributed by atoms with Crippen molar-refractivity contribution in [2.75, 3.05) is 0 Å². The van der Waals surface area contributed by atoms with E-state index in [0.717, 1.165) is 6.07 Å². The highest BCUT2D eigenvalue weighted by molar-refractivity contribution is 7.90. The summed E-state index contributed by atoms with van der Waals surface area (Å²) in [6.07, 6.45) is 0.598. The average Bonchev–Trinajstić information content (AvgIpc) is 2.27. The fourth-order valence-corrected chi connectivity index (χ4v) is 3.48. The van der Waals surface area contributed by atoms with E-state index in [1.54, 1.807) is 13.8 Å². The van der Waals surface area contributed by atoms with E-state index in [4.69, 9.17) is 5.14 Å². The average molecular weight is 306 g/mol. The van der Waals surface area contributed by atoms with E-state index in [-0.39, 0.29) is 9.79 Å². The SMILES string of the molecule is CCC(C)(C)NS(=O)(=O)c1cccc(S(N)(=O)=O)c1. The third-order valence-corrected chi connectivity index (χ3v) is 5.35. The number of nitrogens with two attached hydrogens (primary N) is 1. The summed E-state index contributed by atoms with van der Waals surface area (Å²) in [5.41, 5.74) is -0.615. The monoisotopic (exact) mass is 306 g/mol. The van der Waals surface area contributed by atoms with Gasteiger partial charge in [-0.25, -0.2) is 26.7 Å². The highest BCUT2D eigenvalue weighted by Gasteiger charge is 2.25. The molecule has 0 bridgehead atoms. The lowest BCUT2D eigenvalue weighted by Crippen LogP contribution is -2.42. The lowest BCUT2D eigenvalue weighted by Gasteiger charge is -2.24. The molecule has 19 heavy (non-hydrogen) atoms. The zero-order valence-electron chi connectivity index (χ0n) is 11.0. The molecule has 0 atom stereocenters. The van der Waals surface area contributed by atoms with Crippen LogP contribution in [-0.2, 0) is 20.0 Å². The fourth-order valence-electron chi connectivity index (χ4n) is 1.31. The molecule has 0 saturated carbocycles. The van der Waals surface area contributed by atoms with E-state index in [1.165, 1.54) is 18.2 Å². The molecule has 108 valence electrons. The number of benzene rings is 1. The summed E-state index contributed by atoms with van der Waals surface area (Å²) in [6, 6.07) is 4.96. The van der Waals surface area contributed by atoms with Crippen molar-refractivity contribution in [2.24, 2.45) is 5.14 Å². The molecule has 0 heterocycles. The zero-order valence-corrected chi connectivity index (χ0v) is 12.7. The van der Waals surface area contributed by atoms with Crippen molar-refractivity contribution >= 4 is 20.0 Å². The Morgan fingerprint density at radius 1 is 1.16 bits per heavy atom. The van der Waals surface area contributed by atoms with Crippen LogP contribution in [0.1, 0.15) is 27.2 Å². The molecule has 0 amide bonds. The summed E-state index contributed by atoms with van der Waals surface area (Å²) in [6.45, 7) is 5.34. The molecule has 1 aromatic carbocycles. The Labute approximate surface area is 114 Å². The van der Waals surface area contributed by atoms with Crippen molar-refractivity contribution in [3.63, 3.8) is 0 Å². The number of hydrogen-bond acceptors (Lipinski definition) is 4. The molecule has 0 unspecified atom stereocenters. The lowest BCUT2D eigenvalue weighted by atomic mass is 10.0. The molecule has 3 N–H and O–H groups in total. The van der Waals surface area contributed by atoms with Crippen LogP contribution in [0.3, 0.4) is 0 Å². The molecule has 0 aromatic heterocycles. The second-order valence-corrected chi connectivity index (χ2v) is 8.11. The van der Waals surface area contributed by atoms with Gasteiger partial charge in [0.1, 0.15) is 0 Å². The molecular formula is C11H18N2O4S2. The standard InChI is InChI=1S/C11H18N2O4S2/c1-4-11(2,3)13-19(16,17)10-7-5-6-9(8-10)18(12,14)15/h5-8,13H,4H2,1-3H3,(H2,12,14,15). The summed E-state index contributed by atoms with van der Waals surface area (Å²) in [7, 11) is -7.71. The van der Waals surface area contributed by atoms with Gasteiger partial charge in [0.05, 0.1) is 9.79 Å². The predicted octanol–water partition coefficient (Wildman–Crippen LogP) is 0.801. The van der Waals surface area contributed by atoms with E-state index < -0.39 is 25.6 Å². The third-order valence-electron chi connectivity index (χ3n) is 2.74. The van der Waals surface area contributed by atoms with Gasteiger partial charge in [0.15, 0.2) is 0 Å². The molecule has 0 radical (unpaired) electrons. The van der Waals surface area contributed by atoms with E-state index >= 15 is 0 Å². The van der Waals surface area contributed by atoms with E-state index in [1.807, 2.05) is 6.92 Å². The summed E-state index contributed by atoms with van der Waals surface area (Å²) in [4.78, 5) is -0.356. The van der Waals surface area contributed by atoms with Gasteiger partial charge in [0, 0.05) is 5.54 Å². The van der Waals surface area contributed by atoms with Crippen LogP contribution in [0.15, 0.2) is 34.1 Å². The normalized spacial score (nSPS) is 13.5. The number of nitrogens with one attached hydrogen (secondary N) is 1. The first-order valence-corrected chi connectivity index (χ1v) is 8.68. The van der Waals surface area contributed by atoms with Gasteiger partial charge in [0.25, 0.3) is 0 Å². The van der Waals surface area contributed by atoms with Crippen LogP contribution in [0.2, 0.25) is 0 Å². The zero-order chi connectivity index (χ0) is 14.9. The maximum absolute atomic E-state index is 12.1. The molecule has 6 nitrogen and oxygen atoms in total. The van der Waals surface area contributed by atoms with Gasteiger partial charge in [-0.1, -0.05) is 13.0 Å². The van der Waals surface area contributed by atoms with E-state index in [0.29, 0.717) is 6.42 Å². The second kappa shape index (κ2) is 5.20. The van der Waals surface area contributed by atoms with Crippen LogP contribution in [0.25, 0.3) is 0 Å². The van der Waals surface area contributed by atoms with Gasteiger partial charge in [-0.3, -0.25) is 0 Å². The highest BCUT2D eigenvalue weighted by Crippen LogP contribution is 2.18. The van der Waals surface area contributed by atoms with Gasteiger partial charge in [-0.05, 0) is 38.5 Å². The van der Waals surface area contributed by atoms with Gasteiger partial charge >= 0.3 is 0 Å². The number of primary sulfonamides is 1.